The second-order valence-corrected chi connectivity index (χ2v) is 5.82. The molecule has 1 rings (SSSR count). The number of ether oxygens (including phenoxy) is 1. The molecule has 120 valence electrons. The highest BCUT2D eigenvalue weighted by molar-refractivity contribution is 5.13. The first-order valence-corrected chi connectivity index (χ1v) is 8.70. The molecule has 2 heteroatoms. The quantitative estimate of drug-likeness (QED) is 0.491. The fraction of sp³-hybridized carbons (Fsp3) is 0.684. The van der Waals surface area contributed by atoms with Crippen molar-refractivity contribution in [2.75, 3.05) is 20.2 Å². The Labute approximate surface area is 131 Å². The van der Waals surface area contributed by atoms with Gasteiger partial charge in [-0.1, -0.05) is 75.3 Å². The van der Waals surface area contributed by atoms with Crippen LogP contribution in [0.1, 0.15) is 63.4 Å². The molecule has 2 nitrogen and oxygen atoms in total. The van der Waals surface area contributed by atoms with Gasteiger partial charge in [-0.15, -0.1) is 0 Å². The molecule has 0 aliphatic heterocycles. The minimum atomic E-state index is 0.757. The van der Waals surface area contributed by atoms with Crippen molar-refractivity contribution < 1.29 is 4.74 Å². The lowest BCUT2D eigenvalue weighted by atomic mass is 10.1. The third-order valence-electron chi connectivity index (χ3n) is 3.83. The van der Waals surface area contributed by atoms with E-state index in [-0.39, 0.29) is 0 Å². The molecule has 0 atom stereocenters. The van der Waals surface area contributed by atoms with Crippen LogP contribution >= 0.6 is 0 Å². The highest BCUT2D eigenvalue weighted by Gasteiger charge is 1.94. The van der Waals surface area contributed by atoms with Gasteiger partial charge in [-0.2, -0.15) is 0 Å². The van der Waals surface area contributed by atoms with E-state index in [1.807, 2.05) is 13.1 Å². The minimum Gasteiger partial charge on any atom is -0.377 e. The summed E-state index contributed by atoms with van der Waals surface area (Å²) in [6, 6.07) is 10.4. The van der Waals surface area contributed by atoms with E-state index in [2.05, 4.69) is 29.6 Å². The topological polar surface area (TPSA) is 21.3 Å². The van der Waals surface area contributed by atoms with Gasteiger partial charge in [0.15, 0.2) is 0 Å². The van der Waals surface area contributed by atoms with Crippen LogP contribution in [-0.2, 0) is 11.3 Å². The van der Waals surface area contributed by atoms with Gasteiger partial charge in [-0.25, -0.2) is 0 Å². The number of hydrogen-bond donors (Lipinski definition) is 1. The molecule has 1 N–H and O–H groups in total. The molecule has 21 heavy (non-hydrogen) atoms. The third kappa shape index (κ3) is 11.5. The van der Waals surface area contributed by atoms with E-state index < -0.39 is 0 Å². The second kappa shape index (κ2) is 14.1. The summed E-state index contributed by atoms with van der Waals surface area (Å²) in [5.74, 6) is 0. The summed E-state index contributed by atoms with van der Waals surface area (Å²) in [7, 11) is 2.03. The normalized spacial score (nSPS) is 10.9. The standard InChI is InChI=1S/C19H33NO/c1-20-16-12-7-5-3-2-4-6-8-13-17-21-18-19-14-10-9-11-15-19/h9-11,14-15,20H,2-8,12-13,16-18H2,1H3. The van der Waals surface area contributed by atoms with Crippen LogP contribution < -0.4 is 5.32 Å². The molecule has 0 aliphatic carbocycles. The number of benzene rings is 1. The molecule has 0 heterocycles. The molecule has 0 radical (unpaired) electrons. The van der Waals surface area contributed by atoms with Crippen LogP contribution in [-0.4, -0.2) is 20.2 Å². The van der Waals surface area contributed by atoms with E-state index >= 15 is 0 Å². The van der Waals surface area contributed by atoms with Crippen molar-refractivity contribution in [2.24, 2.45) is 0 Å². The first-order valence-electron chi connectivity index (χ1n) is 8.70. The highest BCUT2D eigenvalue weighted by atomic mass is 16.5. The molecule has 0 amide bonds. The fourth-order valence-electron chi connectivity index (χ4n) is 2.51. The lowest BCUT2D eigenvalue weighted by molar-refractivity contribution is 0.116. The van der Waals surface area contributed by atoms with Gasteiger partial charge in [0.25, 0.3) is 0 Å². The van der Waals surface area contributed by atoms with Gasteiger partial charge in [0, 0.05) is 6.61 Å². The Morgan fingerprint density at radius 2 is 1.33 bits per heavy atom. The van der Waals surface area contributed by atoms with Gasteiger partial charge in [-0.3, -0.25) is 0 Å². The minimum absolute atomic E-state index is 0.757. The Morgan fingerprint density at radius 1 is 0.762 bits per heavy atom. The summed E-state index contributed by atoms with van der Waals surface area (Å²) in [4.78, 5) is 0. The maximum atomic E-state index is 5.70. The second-order valence-electron chi connectivity index (χ2n) is 5.82. The summed E-state index contributed by atoms with van der Waals surface area (Å²) >= 11 is 0. The predicted octanol–water partition coefficient (Wildman–Crippen LogP) is 4.93. The van der Waals surface area contributed by atoms with Gasteiger partial charge >= 0.3 is 0 Å². The lowest BCUT2D eigenvalue weighted by Gasteiger charge is -2.05. The molecule has 1 aromatic rings. The Hall–Kier alpha value is -0.860. The van der Waals surface area contributed by atoms with Crippen molar-refractivity contribution in [1.82, 2.24) is 5.32 Å². The van der Waals surface area contributed by atoms with E-state index in [0.29, 0.717) is 0 Å². The van der Waals surface area contributed by atoms with E-state index in [0.717, 1.165) is 13.2 Å². The molecule has 1 aromatic carbocycles. The first kappa shape index (κ1) is 18.2. The molecule has 0 fully saturated rings. The smallest absolute Gasteiger partial charge is 0.0716 e. The Bertz CT molecular complexity index is 313. The number of hydrogen-bond acceptors (Lipinski definition) is 2. The van der Waals surface area contributed by atoms with Crippen LogP contribution in [0.3, 0.4) is 0 Å². The molecule has 0 spiro atoms. The largest absolute Gasteiger partial charge is 0.377 e. The van der Waals surface area contributed by atoms with Crippen LogP contribution in [0.5, 0.6) is 0 Å². The predicted molar refractivity (Wildman–Crippen MR) is 91.6 cm³/mol. The van der Waals surface area contributed by atoms with Crippen LogP contribution in [0.15, 0.2) is 30.3 Å². The maximum absolute atomic E-state index is 5.70. The first-order chi connectivity index (χ1) is 10.4. The summed E-state index contributed by atoms with van der Waals surface area (Å²) in [6.45, 7) is 2.83. The van der Waals surface area contributed by atoms with Crippen molar-refractivity contribution in [3.05, 3.63) is 35.9 Å². The molecule has 0 bridgehead atoms. The SMILES string of the molecule is CNCCCCCCCCCCCOCc1ccccc1. The van der Waals surface area contributed by atoms with E-state index in [1.54, 1.807) is 0 Å². The summed E-state index contributed by atoms with van der Waals surface area (Å²) in [5, 5.41) is 3.20. The van der Waals surface area contributed by atoms with Gasteiger partial charge in [0.05, 0.1) is 6.61 Å². The zero-order valence-electron chi connectivity index (χ0n) is 13.8. The van der Waals surface area contributed by atoms with Crippen LogP contribution in [0.4, 0.5) is 0 Å². The molecule has 0 unspecified atom stereocenters. The zero-order chi connectivity index (χ0) is 15.0. The lowest BCUT2D eigenvalue weighted by Crippen LogP contribution is -2.06. The highest BCUT2D eigenvalue weighted by Crippen LogP contribution is 2.10. The third-order valence-corrected chi connectivity index (χ3v) is 3.83. The average Bonchev–Trinajstić information content (AvgIpc) is 2.53. The summed E-state index contributed by atoms with van der Waals surface area (Å²) in [5.41, 5.74) is 1.27. The maximum Gasteiger partial charge on any atom is 0.0716 e. The molecule has 0 aliphatic rings. The van der Waals surface area contributed by atoms with Crippen molar-refractivity contribution in [1.29, 1.82) is 0 Å². The molecule has 0 saturated heterocycles. The van der Waals surface area contributed by atoms with Gasteiger partial charge in [-0.05, 0) is 32.0 Å². The van der Waals surface area contributed by atoms with Crippen molar-refractivity contribution >= 4 is 0 Å². The number of unbranched alkanes of at least 4 members (excludes halogenated alkanes) is 8. The zero-order valence-corrected chi connectivity index (χ0v) is 13.8. The van der Waals surface area contributed by atoms with Crippen molar-refractivity contribution in [2.45, 2.75) is 64.4 Å². The van der Waals surface area contributed by atoms with E-state index in [1.165, 1.54) is 69.9 Å². The molecular weight excluding hydrogens is 258 g/mol. The number of rotatable bonds is 14. The van der Waals surface area contributed by atoms with E-state index in [4.69, 9.17) is 4.74 Å². The molecule has 0 aromatic heterocycles. The Balaban J connectivity index is 1.75. The van der Waals surface area contributed by atoms with Gasteiger partial charge in [0.1, 0.15) is 0 Å². The molecule has 0 saturated carbocycles. The van der Waals surface area contributed by atoms with Gasteiger partial charge in [0.2, 0.25) is 0 Å². The summed E-state index contributed by atoms with van der Waals surface area (Å²) in [6.07, 6.45) is 12.2. The van der Waals surface area contributed by atoms with Crippen LogP contribution in [0.2, 0.25) is 0 Å². The Morgan fingerprint density at radius 3 is 1.95 bits per heavy atom. The van der Waals surface area contributed by atoms with Crippen molar-refractivity contribution in [3.63, 3.8) is 0 Å². The van der Waals surface area contributed by atoms with Crippen molar-refractivity contribution in [3.8, 4) is 0 Å². The van der Waals surface area contributed by atoms with Gasteiger partial charge < -0.3 is 10.1 Å². The summed E-state index contributed by atoms with van der Waals surface area (Å²) < 4.78 is 5.70. The number of nitrogens with one attached hydrogen (secondary N) is 1. The average molecular weight is 291 g/mol. The van der Waals surface area contributed by atoms with E-state index in [9.17, 15) is 0 Å². The Kier molecular flexibility index (Phi) is 12.2. The fourth-order valence-corrected chi connectivity index (χ4v) is 2.51. The monoisotopic (exact) mass is 291 g/mol. The van der Waals surface area contributed by atoms with Crippen LogP contribution in [0, 0.1) is 0 Å². The molecular formula is C19H33NO. The van der Waals surface area contributed by atoms with Crippen LogP contribution in [0.25, 0.3) is 0 Å².